The predicted molar refractivity (Wildman–Crippen MR) is 131 cm³/mol. The van der Waals surface area contributed by atoms with Gasteiger partial charge in [0.15, 0.2) is 5.82 Å². The van der Waals surface area contributed by atoms with Crippen LogP contribution in [0.1, 0.15) is 76.7 Å². The van der Waals surface area contributed by atoms with Crippen molar-refractivity contribution in [3.63, 3.8) is 0 Å². The van der Waals surface area contributed by atoms with Gasteiger partial charge in [0.05, 0.1) is 23.7 Å². The molecule has 33 heavy (non-hydrogen) atoms. The van der Waals surface area contributed by atoms with E-state index in [1.807, 2.05) is 28.8 Å². The van der Waals surface area contributed by atoms with Gasteiger partial charge in [-0.1, -0.05) is 44.2 Å². The molecule has 3 N–H and O–H groups in total. The number of aliphatic hydroxyl groups is 2. The molecule has 1 saturated carbocycles. The van der Waals surface area contributed by atoms with E-state index in [9.17, 15) is 9.90 Å². The summed E-state index contributed by atoms with van der Waals surface area (Å²) in [6.07, 6.45) is 13.1. The van der Waals surface area contributed by atoms with E-state index in [0.717, 1.165) is 23.9 Å². The van der Waals surface area contributed by atoms with E-state index in [0.29, 0.717) is 18.1 Å². The van der Waals surface area contributed by atoms with Gasteiger partial charge < -0.3 is 20.1 Å². The molecule has 2 bridgehead atoms. The number of para-hydroxylation sites is 2. The molecular weight excluding hydrogens is 416 g/mol. The lowest BCUT2D eigenvalue weighted by atomic mass is 9.89. The van der Waals surface area contributed by atoms with Crippen LogP contribution in [0.5, 0.6) is 0 Å². The monoisotopic (exact) mass is 454 g/mol. The molecule has 7 nitrogen and oxygen atoms in total. The fourth-order valence-corrected chi connectivity index (χ4v) is 6.64. The summed E-state index contributed by atoms with van der Waals surface area (Å²) >= 11 is 0. The van der Waals surface area contributed by atoms with Gasteiger partial charge in [0.25, 0.3) is 5.56 Å². The lowest BCUT2D eigenvalue weighted by Crippen LogP contribution is -2.50. The predicted octanol–water partition coefficient (Wildman–Crippen LogP) is 3.44. The molecule has 3 heterocycles. The zero-order valence-electron chi connectivity index (χ0n) is 19.5. The van der Waals surface area contributed by atoms with Crippen LogP contribution in [-0.2, 0) is 0 Å². The summed E-state index contributed by atoms with van der Waals surface area (Å²) in [7, 11) is 0. The molecule has 3 aliphatic rings. The van der Waals surface area contributed by atoms with Crippen molar-refractivity contribution in [2.24, 2.45) is 0 Å². The molecule has 5 rings (SSSR count). The number of nitrogens with one attached hydrogen (secondary N) is 1. The van der Waals surface area contributed by atoms with Crippen LogP contribution in [0.2, 0.25) is 0 Å². The SMILES string of the molecule is O=c1c(NC[C@@H](O)CO)nc2ccccc2n1C1C[C@H]2CC[C@@H](C1)N2C1CCCCCCC1. The van der Waals surface area contributed by atoms with Crippen molar-refractivity contribution in [2.75, 3.05) is 18.5 Å². The number of benzene rings is 1. The number of aliphatic hydroxyl groups excluding tert-OH is 2. The second-order valence-corrected chi connectivity index (χ2v) is 10.3. The van der Waals surface area contributed by atoms with E-state index in [4.69, 9.17) is 5.11 Å². The average molecular weight is 455 g/mol. The quantitative estimate of drug-likeness (QED) is 0.619. The minimum atomic E-state index is -0.922. The third-order valence-corrected chi connectivity index (χ3v) is 8.14. The van der Waals surface area contributed by atoms with Gasteiger partial charge in [-0.2, -0.15) is 0 Å². The van der Waals surface area contributed by atoms with Gasteiger partial charge >= 0.3 is 0 Å². The summed E-state index contributed by atoms with van der Waals surface area (Å²) in [6, 6.07) is 9.85. The van der Waals surface area contributed by atoms with Crippen LogP contribution >= 0.6 is 0 Å². The highest BCUT2D eigenvalue weighted by Crippen LogP contribution is 2.44. The standard InChI is InChI=1S/C26H38N4O3/c31-17-22(32)16-27-25-26(33)30(24-11-7-6-10-23(24)28-25)21-14-19-12-13-20(15-21)29(19)18-8-4-2-1-3-5-9-18/h6-7,10-11,18-22,31-32H,1-5,8-9,12-17H2,(H,27,28)/t19-,20+,21?,22-/m1/s1. The molecule has 2 saturated heterocycles. The fourth-order valence-electron chi connectivity index (χ4n) is 6.64. The minimum absolute atomic E-state index is 0.0997. The topological polar surface area (TPSA) is 90.6 Å². The fraction of sp³-hybridized carbons (Fsp3) is 0.692. The third-order valence-electron chi connectivity index (χ3n) is 8.14. The first-order valence-electron chi connectivity index (χ1n) is 13.0. The van der Waals surface area contributed by atoms with Gasteiger partial charge in [0, 0.05) is 30.7 Å². The lowest BCUT2D eigenvalue weighted by Gasteiger charge is -2.45. The number of anilines is 1. The maximum Gasteiger partial charge on any atom is 0.294 e. The summed E-state index contributed by atoms with van der Waals surface area (Å²) < 4.78 is 1.97. The Morgan fingerprint density at radius 1 is 0.939 bits per heavy atom. The Morgan fingerprint density at radius 3 is 2.30 bits per heavy atom. The molecule has 1 aromatic carbocycles. The van der Waals surface area contributed by atoms with Gasteiger partial charge in [-0.3, -0.25) is 9.69 Å². The maximum absolute atomic E-state index is 13.6. The molecule has 1 unspecified atom stereocenters. The average Bonchev–Trinajstić information content (AvgIpc) is 3.06. The number of aromatic nitrogens is 2. The number of nitrogens with zero attached hydrogens (tertiary/aromatic N) is 3. The summed E-state index contributed by atoms with van der Waals surface area (Å²) in [5, 5.41) is 21.9. The number of hydrogen-bond acceptors (Lipinski definition) is 6. The summed E-state index contributed by atoms with van der Waals surface area (Å²) in [4.78, 5) is 21.0. The molecule has 2 aromatic rings. The van der Waals surface area contributed by atoms with Gasteiger partial charge in [-0.15, -0.1) is 0 Å². The minimum Gasteiger partial charge on any atom is -0.394 e. The number of piperidine rings is 1. The second-order valence-electron chi connectivity index (χ2n) is 10.3. The van der Waals surface area contributed by atoms with Crippen LogP contribution in [0.15, 0.2) is 29.1 Å². The molecule has 180 valence electrons. The zero-order valence-corrected chi connectivity index (χ0v) is 19.5. The van der Waals surface area contributed by atoms with E-state index < -0.39 is 6.10 Å². The number of fused-ring (bicyclic) bond motifs is 3. The summed E-state index contributed by atoms with van der Waals surface area (Å²) in [5.41, 5.74) is 1.55. The van der Waals surface area contributed by atoms with Crippen LogP contribution in [0.4, 0.5) is 5.82 Å². The van der Waals surface area contributed by atoms with Crippen molar-refractivity contribution in [1.82, 2.24) is 14.5 Å². The van der Waals surface area contributed by atoms with Gasteiger partial charge in [-0.25, -0.2) is 4.98 Å². The molecule has 7 heteroatoms. The van der Waals surface area contributed by atoms with E-state index in [2.05, 4.69) is 15.2 Å². The van der Waals surface area contributed by atoms with Crippen molar-refractivity contribution in [3.05, 3.63) is 34.6 Å². The molecule has 0 spiro atoms. The first kappa shape index (κ1) is 22.8. The number of rotatable bonds is 6. The Hall–Kier alpha value is -1.96. The maximum atomic E-state index is 13.6. The molecule has 2 aliphatic heterocycles. The van der Waals surface area contributed by atoms with Crippen molar-refractivity contribution >= 4 is 16.9 Å². The summed E-state index contributed by atoms with van der Waals surface area (Å²) in [5.74, 6) is 0.260. The highest BCUT2D eigenvalue weighted by molar-refractivity contribution is 5.76. The van der Waals surface area contributed by atoms with E-state index >= 15 is 0 Å². The van der Waals surface area contributed by atoms with Crippen LogP contribution in [0.25, 0.3) is 11.0 Å². The molecule has 1 aromatic heterocycles. The zero-order chi connectivity index (χ0) is 22.8. The van der Waals surface area contributed by atoms with Crippen molar-refractivity contribution in [2.45, 2.75) is 101 Å². The van der Waals surface area contributed by atoms with Crippen molar-refractivity contribution in [3.8, 4) is 0 Å². The largest absolute Gasteiger partial charge is 0.394 e. The van der Waals surface area contributed by atoms with Gasteiger partial charge in [0.1, 0.15) is 0 Å². The Kier molecular flexibility index (Phi) is 6.99. The van der Waals surface area contributed by atoms with Crippen molar-refractivity contribution < 1.29 is 10.2 Å². The van der Waals surface area contributed by atoms with Crippen LogP contribution < -0.4 is 10.9 Å². The molecule has 3 fully saturated rings. The Morgan fingerprint density at radius 2 is 1.61 bits per heavy atom. The molecular formula is C26H38N4O3. The van der Waals surface area contributed by atoms with Crippen LogP contribution in [-0.4, -0.2) is 62.0 Å². The molecule has 4 atom stereocenters. The highest BCUT2D eigenvalue weighted by atomic mass is 16.3. The molecule has 0 amide bonds. The second kappa shape index (κ2) is 10.1. The van der Waals surface area contributed by atoms with Crippen molar-refractivity contribution in [1.29, 1.82) is 0 Å². The Bertz CT molecular complexity index is 987. The first-order valence-corrected chi connectivity index (χ1v) is 13.0. The lowest BCUT2D eigenvalue weighted by molar-refractivity contribution is 0.0498. The van der Waals surface area contributed by atoms with E-state index in [-0.39, 0.29) is 30.6 Å². The van der Waals surface area contributed by atoms with Crippen LogP contribution in [0.3, 0.4) is 0 Å². The number of hydrogen-bond donors (Lipinski definition) is 3. The Balaban J connectivity index is 1.43. The smallest absolute Gasteiger partial charge is 0.294 e. The normalized spacial score (nSPS) is 27.9. The molecule has 1 aliphatic carbocycles. The molecule has 0 radical (unpaired) electrons. The highest BCUT2D eigenvalue weighted by Gasteiger charge is 2.44. The van der Waals surface area contributed by atoms with Crippen LogP contribution in [0, 0.1) is 0 Å². The van der Waals surface area contributed by atoms with E-state index in [1.54, 1.807) is 0 Å². The Labute approximate surface area is 195 Å². The van der Waals surface area contributed by atoms with E-state index in [1.165, 1.54) is 57.8 Å². The third kappa shape index (κ3) is 4.68. The first-order chi connectivity index (χ1) is 16.2. The van der Waals surface area contributed by atoms with Gasteiger partial charge in [0.2, 0.25) is 0 Å². The van der Waals surface area contributed by atoms with Gasteiger partial charge in [-0.05, 0) is 50.7 Å². The summed E-state index contributed by atoms with van der Waals surface area (Å²) in [6.45, 7) is -0.250.